The molecule has 1 saturated heterocycles. The SMILES string of the molecule is COCCOCCOCCOCCOCCOCCOCCOCCOc1ccc(CN2CC3(CCC(c4ccccc4)CC3)N(CC3CCC3)C2=O)cc1. The molecule has 3 aliphatic rings. The molecule has 308 valence electrons. The van der Waals surface area contributed by atoms with Crippen molar-refractivity contribution in [1.29, 1.82) is 0 Å². The predicted octanol–water partition coefficient (Wildman–Crippen LogP) is 5.96. The zero-order chi connectivity index (χ0) is 38.2. The Kier molecular flexibility index (Phi) is 20.0. The zero-order valence-electron chi connectivity index (χ0n) is 33.2. The topological polar surface area (TPSA) is 107 Å². The molecule has 3 fully saturated rings. The van der Waals surface area contributed by atoms with E-state index in [1.54, 1.807) is 7.11 Å². The van der Waals surface area contributed by atoms with Gasteiger partial charge in [-0.15, -0.1) is 0 Å². The summed E-state index contributed by atoms with van der Waals surface area (Å²) in [5.41, 5.74) is 2.53. The van der Waals surface area contributed by atoms with Gasteiger partial charge >= 0.3 is 6.03 Å². The fraction of sp³-hybridized carbons (Fsp3) is 0.698. The van der Waals surface area contributed by atoms with Crippen molar-refractivity contribution in [3.05, 3.63) is 65.7 Å². The molecular weight excluding hydrogens is 704 g/mol. The van der Waals surface area contributed by atoms with Crippen LogP contribution in [0.3, 0.4) is 0 Å². The van der Waals surface area contributed by atoms with E-state index < -0.39 is 0 Å². The van der Waals surface area contributed by atoms with Crippen molar-refractivity contribution in [3.8, 4) is 5.75 Å². The summed E-state index contributed by atoms with van der Waals surface area (Å²) in [5, 5.41) is 0. The minimum atomic E-state index is -0.0375. The van der Waals surface area contributed by atoms with Gasteiger partial charge in [0.05, 0.1) is 105 Å². The Hall–Kier alpha value is -2.81. The molecule has 2 aromatic rings. The molecule has 0 unspecified atom stereocenters. The van der Waals surface area contributed by atoms with Crippen LogP contribution in [0.4, 0.5) is 4.79 Å². The Labute approximate surface area is 328 Å². The summed E-state index contributed by atoms with van der Waals surface area (Å²) in [6.45, 7) is 10.7. The monoisotopic (exact) mass is 770 g/mol. The van der Waals surface area contributed by atoms with Crippen LogP contribution < -0.4 is 4.74 Å². The maximum atomic E-state index is 13.9. The summed E-state index contributed by atoms with van der Waals surface area (Å²) in [6.07, 6.45) is 8.25. The highest BCUT2D eigenvalue weighted by atomic mass is 16.6. The first kappa shape index (κ1) is 43.3. The number of hydrogen-bond acceptors (Lipinski definition) is 10. The van der Waals surface area contributed by atoms with Crippen LogP contribution in [0, 0.1) is 5.92 Å². The van der Waals surface area contributed by atoms with Crippen LogP contribution >= 0.6 is 0 Å². The van der Waals surface area contributed by atoms with Crippen molar-refractivity contribution in [2.75, 3.05) is 126 Å². The lowest BCUT2D eigenvalue weighted by atomic mass is 9.73. The van der Waals surface area contributed by atoms with E-state index in [1.165, 1.54) is 24.8 Å². The second kappa shape index (κ2) is 25.4. The van der Waals surface area contributed by atoms with Crippen LogP contribution in [0.1, 0.15) is 62.0 Å². The Morgan fingerprint density at radius 3 is 1.56 bits per heavy atom. The van der Waals surface area contributed by atoms with Gasteiger partial charge in [-0.2, -0.15) is 0 Å². The summed E-state index contributed by atoms with van der Waals surface area (Å²) in [6, 6.07) is 19.3. The van der Waals surface area contributed by atoms with Crippen molar-refractivity contribution >= 4 is 6.03 Å². The van der Waals surface area contributed by atoms with Crippen LogP contribution in [0.15, 0.2) is 54.6 Å². The Morgan fingerprint density at radius 1 is 0.600 bits per heavy atom. The number of benzene rings is 2. The number of amides is 2. The van der Waals surface area contributed by atoms with E-state index in [1.807, 2.05) is 12.1 Å². The van der Waals surface area contributed by atoms with Gasteiger partial charge in [0.2, 0.25) is 0 Å². The fourth-order valence-corrected chi connectivity index (χ4v) is 7.55. The molecule has 12 heteroatoms. The number of nitrogens with zero attached hydrogens (tertiary/aromatic N) is 2. The molecule has 1 aliphatic heterocycles. The molecule has 12 nitrogen and oxygen atoms in total. The summed E-state index contributed by atoms with van der Waals surface area (Å²) in [7, 11) is 1.65. The van der Waals surface area contributed by atoms with E-state index >= 15 is 0 Å². The molecule has 0 aromatic heterocycles. The lowest BCUT2D eigenvalue weighted by Crippen LogP contribution is -2.51. The predicted molar refractivity (Wildman–Crippen MR) is 210 cm³/mol. The molecule has 2 aromatic carbocycles. The molecule has 0 N–H and O–H groups in total. The maximum absolute atomic E-state index is 13.9. The number of carbonyl (C=O) groups excluding carboxylic acids is 1. The number of hydrogen-bond donors (Lipinski definition) is 0. The van der Waals surface area contributed by atoms with Crippen LogP contribution in [0.2, 0.25) is 0 Å². The third-order valence-electron chi connectivity index (χ3n) is 10.9. The molecule has 0 radical (unpaired) electrons. The van der Waals surface area contributed by atoms with Crippen LogP contribution in [-0.4, -0.2) is 147 Å². The molecule has 0 atom stereocenters. The van der Waals surface area contributed by atoms with Crippen LogP contribution in [0.5, 0.6) is 5.75 Å². The summed E-state index contributed by atoms with van der Waals surface area (Å²) in [5.74, 6) is 2.05. The molecular formula is C43H66N2O10. The quantitative estimate of drug-likeness (QED) is 0.0884. The van der Waals surface area contributed by atoms with Gasteiger partial charge in [0, 0.05) is 26.7 Å². The Balaban J connectivity index is 0.848. The summed E-state index contributed by atoms with van der Waals surface area (Å²) >= 11 is 0. The molecule has 55 heavy (non-hydrogen) atoms. The van der Waals surface area contributed by atoms with E-state index in [0.717, 1.165) is 50.1 Å². The van der Waals surface area contributed by atoms with Crippen molar-refractivity contribution in [2.45, 2.75) is 62.9 Å². The lowest BCUT2D eigenvalue weighted by molar-refractivity contribution is -0.0227. The molecule has 2 aliphatic carbocycles. The minimum absolute atomic E-state index is 0.0375. The van der Waals surface area contributed by atoms with Crippen LogP contribution in [0.25, 0.3) is 0 Å². The minimum Gasteiger partial charge on any atom is -0.491 e. The van der Waals surface area contributed by atoms with Gasteiger partial charge in [-0.1, -0.05) is 48.9 Å². The third kappa shape index (κ3) is 15.2. The average molecular weight is 771 g/mol. The van der Waals surface area contributed by atoms with E-state index in [9.17, 15) is 4.79 Å². The highest BCUT2D eigenvalue weighted by Crippen LogP contribution is 2.46. The second-order valence-electron chi connectivity index (χ2n) is 14.7. The van der Waals surface area contributed by atoms with Gasteiger partial charge < -0.3 is 52.4 Å². The molecule has 1 heterocycles. The number of methoxy groups -OCH3 is 1. The molecule has 2 amide bonds. The van der Waals surface area contributed by atoms with Gasteiger partial charge in [0.1, 0.15) is 12.4 Å². The Morgan fingerprint density at radius 2 is 1.09 bits per heavy atom. The number of urea groups is 1. The van der Waals surface area contributed by atoms with Gasteiger partial charge in [0.15, 0.2) is 0 Å². The van der Waals surface area contributed by atoms with Crippen molar-refractivity contribution < 1.29 is 47.4 Å². The van der Waals surface area contributed by atoms with Gasteiger partial charge in [-0.05, 0) is 73.6 Å². The molecule has 5 rings (SSSR count). The maximum Gasteiger partial charge on any atom is 0.320 e. The molecule has 2 saturated carbocycles. The molecule has 0 bridgehead atoms. The first-order chi connectivity index (χ1) is 27.2. The first-order valence-electron chi connectivity index (χ1n) is 20.5. The number of ether oxygens (including phenoxy) is 9. The zero-order valence-corrected chi connectivity index (χ0v) is 33.2. The normalized spacial score (nSPS) is 20.1. The van der Waals surface area contributed by atoms with Gasteiger partial charge in [0.25, 0.3) is 0 Å². The largest absolute Gasteiger partial charge is 0.491 e. The van der Waals surface area contributed by atoms with E-state index in [0.29, 0.717) is 124 Å². The fourth-order valence-electron chi connectivity index (χ4n) is 7.55. The smallest absolute Gasteiger partial charge is 0.320 e. The van der Waals surface area contributed by atoms with E-state index in [2.05, 4.69) is 52.3 Å². The Bertz CT molecular complexity index is 1290. The van der Waals surface area contributed by atoms with Gasteiger partial charge in [-0.3, -0.25) is 0 Å². The second-order valence-corrected chi connectivity index (χ2v) is 14.7. The summed E-state index contributed by atoms with van der Waals surface area (Å²) in [4.78, 5) is 18.3. The highest BCUT2D eigenvalue weighted by Gasteiger charge is 2.51. The van der Waals surface area contributed by atoms with Crippen molar-refractivity contribution in [1.82, 2.24) is 9.80 Å². The van der Waals surface area contributed by atoms with Crippen molar-refractivity contribution in [2.24, 2.45) is 5.92 Å². The number of rotatable bonds is 30. The standard InChI is InChI=1S/C43H66N2O10/c1-47-18-19-48-20-21-49-22-23-50-24-25-51-26-27-52-28-29-53-30-31-54-32-33-55-41-12-10-38(11-13-41)34-44-36-43(45(42(44)46)35-37-6-5-7-37)16-14-40(15-17-43)39-8-3-2-4-9-39/h2-4,8-13,37,40H,5-7,14-36H2,1H3. The third-order valence-corrected chi connectivity index (χ3v) is 10.9. The number of carbonyl (C=O) groups is 1. The first-order valence-corrected chi connectivity index (χ1v) is 20.5. The molecule has 1 spiro atoms. The van der Waals surface area contributed by atoms with Crippen LogP contribution in [-0.2, 0) is 44.4 Å². The lowest BCUT2D eigenvalue weighted by Gasteiger charge is -2.44. The van der Waals surface area contributed by atoms with E-state index in [-0.39, 0.29) is 11.6 Å². The average Bonchev–Trinajstić information content (AvgIpc) is 3.44. The van der Waals surface area contributed by atoms with Crippen molar-refractivity contribution in [3.63, 3.8) is 0 Å². The highest BCUT2D eigenvalue weighted by molar-refractivity contribution is 5.78. The van der Waals surface area contributed by atoms with Gasteiger partial charge in [-0.25, -0.2) is 4.79 Å². The van der Waals surface area contributed by atoms with E-state index in [4.69, 9.17) is 42.6 Å². The summed E-state index contributed by atoms with van der Waals surface area (Å²) < 4.78 is 49.3.